The fourth-order valence-corrected chi connectivity index (χ4v) is 3.39. The second-order valence-electron chi connectivity index (χ2n) is 4.40. The highest BCUT2D eigenvalue weighted by Gasteiger charge is 2.30. The van der Waals surface area contributed by atoms with Gasteiger partial charge in [-0.2, -0.15) is 0 Å². The maximum absolute atomic E-state index is 13.8. The Labute approximate surface area is 114 Å². The van der Waals surface area contributed by atoms with Crippen LogP contribution in [-0.4, -0.2) is 4.98 Å². The van der Waals surface area contributed by atoms with Crippen molar-refractivity contribution >= 4 is 22.9 Å². The van der Waals surface area contributed by atoms with Crippen LogP contribution in [0.1, 0.15) is 29.3 Å². The summed E-state index contributed by atoms with van der Waals surface area (Å²) in [5.41, 5.74) is 7.16. The third-order valence-electron chi connectivity index (χ3n) is 3.05. The molecule has 0 saturated heterocycles. The zero-order chi connectivity index (χ0) is 12.7. The van der Waals surface area contributed by atoms with Crippen molar-refractivity contribution < 1.29 is 4.39 Å². The normalized spacial score (nSPS) is 15.1. The maximum atomic E-state index is 13.8. The minimum absolute atomic E-state index is 0.331. The zero-order valence-electron chi connectivity index (χ0n) is 9.62. The van der Waals surface area contributed by atoms with E-state index in [1.54, 1.807) is 12.1 Å². The van der Waals surface area contributed by atoms with Crippen molar-refractivity contribution in [2.75, 3.05) is 0 Å². The van der Waals surface area contributed by atoms with Gasteiger partial charge in [0.2, 0.25) is 0 Å². The SMILES string of the molecule is NCc1sc(-c2c(F)cccc2Cl)nc1C1CC1. The van der Waals surface area contributed by atoms with Gasteiger partial charge in [-0.05, 0) is 25.0 Å². The number of aromatic nitrogens is 1. The second-order valence-corrected chi connectivity index (χ2v) is 5.89. The van der Waals surface area contributed by atoms with Crippen molar-refractivity contribution in [2.45, 2.75) is 25.3 Å². The molecule has 1 fully saturated rings. The number of nitrogens with zero attached hydrogens (tertiary/aromatic N) is 1. The molecule has 1 aromatic heterocycles. The summed E-state index contributed by atoms with van der Waals surface area (Å²) in [6.45, 7) is 0.454. The number of rotatable bonds is 3. The van der Waals surface area contributed by atoms with Gasteiger partial charge >= 0.3 is 0 Å². The molecule has 18 heavy (non-hydrogen) atoms. The van der Waals surface area contributed by atoms with Crippen molar-refractivity contribution in [3.8, 4) is 10.6 Å². The van der Waals surface area contributed by atoms with Gasteiger partial charge in [0.1, 0.15) is 10.8 Å². The molecule has 3 rings (SSSR count). The Hall–Kier alpha value is -0.970. The van der Waals surface area contributed by atoms with Crippen molar-refractivity contribution in [1.29, 1.82) is 0 Å². The van der Waals surface area contributed by atoms with Gasteiger partial charge < -0.3 is 5.73 Å². The molecule has 2 N–H and O–H groups in total. The lowest BCUT2D eigenvalue weighted by molar-refractivity contribution is 0.631. The first-order valence-corrected chi connectivity index (χ1v) is 7.04. The minimum Gasteiger partial charge on any atom is -0.326 e. The molecule has 1 aromatic carbocycles. The van der Waals surface area contributed by atoms with Crippen LogP contribution in [0.4, 0.5) is 4.39 Å². The molecule has 0 unspecified atom stereocenters. The van der Waals surface area contributed by atoms with E-state index >= 15 is 0 Å². The first-order chi connectivity index (χ1) is 8.70. The van der Waals surface area contributed by atoms with Gasteiger partial charge in [0, 0.05) is 17.3 Å². The Balaban J connectivity index is 2.11. The van der Waals surface area contributed by atoms with Crippen LogP contribution in [0.2, 0.25) is 5.02 Å². The van der Waals surface area contributed by atoms with E-state index < -0.39 is 0 Å². The third kappa shape index (κ3) is 2.05. The van der Waals surface area contributed by atoms with Gasteiger partial charge in [0.15, 0.2) is 0 Å². The molecule has 0 bridgehead atoms. The summed E-state index contributed by atoms with van der Waals surface area (Å²) in [5, 5.41) is 1.04. The van der Waals surface area contributed by atoms with E-state index in [0.29, 0.717) is 28.1 Å². The molecular formula is C13H12ClFN2S. The van der Waals surface area contributed by atoms with Crippen LogP contribution in [-0.2, 0) is 6.54 Å². The molecule has 1 aliphatic rings. The van der Waals surface area contributed by atoms with Gasteiger partial charge in [-0.25, -0.2) is 9.37 Å². The summed E-state index contributed by atoms with van der Waals surface area (Å²) >= 11 is 7.51. The van der Waals surface area contributed by atoms with E-state index in [4.69, 9.17) is 17.3 Å². The summed E-state index contributed by atoms with van der Waals surface area (Å²) in [6.07, 6.45) is 2.31. The average molecular weight is 283 g/mol. The number of nitrogens with two attached hydrogens (primary N) is 1. The molecule has 1 heterocycles. The Bertz CT molecular complexity index is 572. The molecule has 0 aliphatic heterocycles. The largest absolute Gasteiger partial charge is 0.326 e. The molecule has 2 aromatic rings. The highest BCUT2D eigenvalue weighted by Crippen LogP contribution is 2.45. The standard InChI is InChI=1S/C13H12ClFN2S/c14-8-2-1-3-9(15)11(8)13-17-12(7-4-5-7)10(6-16)18-13/h1-3,7H,4-6,16H2. The highest BCUT2D eigenvalue weighted by atomic mass is 35.5. The molecule has 0 atom stereocenters. The fraction of sp³-hybridized carbons (Fsp3) is 0.308. The molecule has 2 nitrogen and oxygen atoms in total. The molecule has 1 aliphatic carbocycles. The van der Waals surface area contributed by atoms with E-state index in [1.807, 2.05) is 0 Å². The maximum Gasteiger partial charge on any atom is 0.134 e. The monoisotopic (exact) mass is 282 g/mol. The molecule has 0 spiro atoms. The molecule has 1 saturated carbocycles. The minimum atomic E-state index is -0.331. The van der Waals surface area contributed by atoms with Gasteiger partial charge in [-0.1, -0.05) is 17.7 Å². The Morgan fingerprint density at radius 3 is 2.83 bits per heavy atom. The molecule has 0 radical (unpaired) electrons. The first kappa shape index (κ1) is 12.1. The van der Waals surface area contributed by atoms with E-state index in [9.17, 15) is 4.39 Å². The van der Waals surface area contributed by atoms with E-state index in [-0.39, 0.29) is 5.82 Å². The molecule has 0 amide bonds. The smallest absolute Gasteiger partial charge is 0.134 e. The van der Waals surface area contributed by atoms with Gasteiger partial charge in [0.05, 0.1) is 16.3 Å². The van der Waals surface area contributed by atoms with E-state index in [0.717, 1.165) is 23.4 Å². The van der Waals surface area contributed by atoms with Crippen LogP contribution >= 0.6 is 22.9 Å². The van der Waals surface area contributed by atoms with Gasteiger partial charge in [0.25, 0.3) is 0 Å². The number of thiazole rings is 1. The summed E-state index contributed by atoms with van der Waals surface area (Å²) < 4.78 is 13.8. The summed E-state index contributed by atoms with van der Waals surface area (Å²) in [6, 6.07) is 4.68. The van der Waals surface area contributed by atoms with Crippen molar-refractivity contribution in [3.63, 3.8) is 0 Å². The molecule has 5 heteroatoms. The summed E-state index contributed by atoms with van der Waals surface area (Å²) in [4.78, 5) is 5.60. The number of hydrogen-bond acceptors (Lipinski definition) is 3. The van der Waals surface area contributed by atoms with E-state index in [1.165, 1.54) is 17.4 Å². The Kier molecular flexibility index (Phi) is 3.09. The quantitative estimate of drug-likeness (QED) is 0.926. The van der Waals surface area contributed by atoms with Crippen LogP contribution in [0, 0.1) is 5.82 Å². The lowest BCUT2D eigenvalue weighted by Crippen LogP contribution is -1.96. The molecule has 94 valence electrons. The predicted octanol–water partition coefficient (Wildman–Crippen LogP) is 3.94. The fourth-order valence-electron chi connectivity index (χ4n) is 1.99. The predicted molar refractivity (Wildman–Crippen MR) is 72.4 cm³/mol. The van der Waals surface area contributed by atoms with Crippen LogP contribution in [0.15, 0.2) is 18.2 Å². The van der Waals surface area contributed by atoms with Crippen LogP contribution in [0.3, 0.4) is 0 Å². The van der Waals surface area contributed by atoms with Crippen molar-refractivity contribution in [2.24, 2.45) is 5.73 Å². The topological polar surface area (TPSA) is 38.9 Å². The lowest BCUT2D eigenvalue weighted by atomic mass is 10.2. The van der Waals surface area contributed by atoms with E-state index in [2.05, 4.69) is 4.98 Å². The van der Waals surface area contributed by atoms with Crippen LogP contribution < -0.4 is 5.73 Å². The number of halogens is 2. The number of hydrogen-bond donors (Lipinski definition) is 1. The second kappa shape index (κ2) is 4.61. The Morgan fingerprint density at radius 2 is 2.22 bits per heavy atom. The number of benzene rings is 1. The lowest BCUT2D eigenvalue weighted by Gasteiger charge is -2.01. The average Bonchev–Trinajstić information content (AvgIpc) is 3.10. The zero-order valence-corrected chi connectivity index (χ0v) is 11.2. The molecular weight excluding hydrogens is 271 g/mol. The summed E-state index contributed by atoms with van der Waals surface area (Å²) in [5.74, 6) is 0.182. The van der Waals surface area contributed by atoms with Gasteiger partial charge in [-0.3, -0.25) is 0 Å². The Morgan fingerprint density at radius 1 is 1.44 bits per heavy atom. The van der Waals surface area contributed by atoms with Crippen LogP contribution in [0.25, 0.3) is 10.6 Å². The first-order valence-electron chi connectivity index (χ1n) is 5.84. The summed E-state index contributed by atoms with van der Waals surface area (Å²) in [7, 11) is 0. The third-order valence-corrected chi connectivity index (χ3v) is 4.48. The highest BCUT2D eigenvalue weighted by molar-refractivity contribution is 7.15. The van der Waals surface area contributed by atoms with Crippen molar-refractivity contribution in [1.82, 2.24) is 4.98 Å². The van der Waals surface area contributed by atoms with Gasteiger partial charge in [-0.15, -0.1) is 11.3 Å². The van der Waals surface area contributed by atoms with Crippen LogP contribution in [0.5, 0.6) is 0 Å². The van der Waals surface area contributed by atoms with Crippen molar-refractivity contribution in [3.05, 3.63) is 39.6 Å².